The maximum absolute atomic E-state index is 12.7. The first-order valence-electron chi connectivity index (χ1n) is 23.3. The van der Waals surface area contributed by atoms with E-state index in [0.717, 1.165) is 38.5 Å². The minimum absolute atomic E-state index is 0.0369. The fourth-order valence-corrected chi connectivity index (χ4v) is 7.46. The van der Waals surface area contributed by atoms with E-state index in [0.29, 0.717) is 17.4 Å². The Kier molecular flexibility index (Phi) is 37.8. The monoisotopic (exact) mass is 805 g/mol. The molecule has 0 radical (unpaired) electrons. The summed E-state index contributed by atoms with van der Waals surface area (Å²) in [5, 5.41) is 0. The molecule has 0 bridgehead atoms. The van der Waals surface area contributed by atoms with Crippen molar-refractivity contribution >= 4 is 19.8 Å². The first kappa shape index (κ1) is 54.0. The van der Waals surface area contributed by atoms with Crippen LogP contribution in [0, 0.1) is 0 Å². The zero-order valence-electron chi connectivity index (χ0n) is 36.9. The lowest BCUT2D eigenvalue weighted by atomic mass is 10.0. The average Bonchev–Trinajstić information content (AvgIpc) is 3.13. The van der Waals surface area contributed by atoms with Crippen LogP contribution in [-0.2, 0) is 32.7 Å². The molecule has 0 spiro atoms. The SMILES string of the molecule is CCCCCCCCCCCCCCCCCCCC(=O)OC(COC(=O)CCCCCCCCCCCCCCCC)COP(=O)(O)OCC[N+](C)(C)C. The number of nitrogens with zero attached hydrogens (tertiary/aromatic N) is 1. The van der Waals surface area contributed by atoms with Gasteiger partial charge in [-0.15, -0.1) is 0 Å². The Morgan fingerprint density at radius 1 is 0.491 bits per heavy atom. The number of likely N-dealkylation sites (N-methyl/N-ethyl adjacent to an activating group) is 1. The van der Waals surface area contributed by atoms with Gasteiger partial charge in [-0.25, -0.2) is 4.57 Å². The number of carbonyl (C=O) groups is 2. The number of unbranched alkanes of at least 4 members (excludes halogenated alkanes) is 29. The normalized spacial score (nSPS) is 13.5. The largest absolute Gasteiger partial charge is 0.472 e. The number of rotatable bonds is 43. The second-order valence-corrected chi connectivity index (χ2v) is 18.6. The summed E-state index contributed by atoms with van der Waals surface area (Å²) in [6.45, 7) is 4.47. The van der Waals surface area contributed by atoms with Gasteiger partial charge in [-0.3, -0.25) is 18.6 Å². The Morgan fingerprint density at radius 2 is 0.818 bits per heavy atom. The molecule has 0 aliphatic heterocycles. The highest BCUT2D eigenvalue weighted by Gasteiger charge is 2.27. The van der Waals surface area contributed by atoms with Crippen molar-refractivity contribution in [2.75, 3.05) is 47.5 Å². The molecule has 2 atom stereocenters. The summed E-state index contributed by atoms with van der Waals surface area (Å²) in [6, 6.07) is 0. The van der Waals surface area contributed by atoms with E-state index in [1.54, 1.807) is 0 Å². The minimum atomic E-state index is -4.37. The first-order chi connectivity index (χ1) is 26.5. The van der Waals surface area contributed by atoms with E-state index < -0.39 is 26.5 Å². The summed E-state index contributed by atoms with van der Waals surface area (Å²) < 4.78 is 34.4. The topological polar surface area (TPSA) is 108 Å². The number of carbonyl (C=O) groups excluding carboxylic acids is 2. The molecular formula is C45H91NO8P+. The van der Waals surface area contributed by atoms with Crippen LogP contribution in [0.25, 0.3) is 0 Å². The lowest BCUT2D eigenvalue weighted by Crippen LogP contribution is -2.37. The van der Waals surface area contributed by atoms with Gasteiger partial charge in [0.2, 0.25) is 0 Å². The lowest BCUT2D eigenvalue weighted by molar-refractivity contribution is -0.870. The molecule has 0 fully saturated rings. The third-order valence-electron chi connectivity index (χ3n) is 10.4. The predicted octanol–water partition coefficient (Wildman–Crippen LogP) is 13.2. The smallest absolute Gasteiger partial charge is 0.462 e. The van der Waals surface area contributed by atoms with Gasteiger partial charge in [0.25, 0.3) is 0 Å². The van der Waals surface area contributed by atoms with E-state index in [2.05, 4.69) is 13.8 Å². The molecule has 0 rings (SSSR count). The number of hydrogen-bond acceptors (Lipinski definition) is 7. The fraction of sp³-hybridized carbons (Fsp3) is 0.956. The van der Waals surface area contributed by atoms with Crippen LogP contribution in [0.15, 0.2) is 0 Å². The van der Waals surface area contributed by atoms with Gasteiger partial charge in [-0.1, -0.05) is 200 Å². The van der Waals surface area contributed by atoms with Crippen LogP contribution in [-0.4, -0.2) is 74.9 Å². The second kappa shape index (κ2) is 38.5. The van der Waals surface area contributed by atoms with Crippen LogP contribution in [0.2, 0.25) is 0 Å². The molecule has 0 saturated heterocycles. The van der Waals surface area contributed by atoms with Crippen LogP contribution in [0.3, 0.4) is 0 Å². The number of ether oxygens (including phenoxy) is 2. The van der Waals surface area contributed by atoms with Crippen LogP contribution in [0.4, 0.5) is 0 Å². The van der Waals surface area contributed by atoms with Crippen molar-refractivity contribution in [2.24, 2.45) is 0 Å². The number of hydrogen-bond donors (Lipinski definition) is 1. The van der Waals surface area contributed by atoms with Crippen molar-refractivity contribution in [1.29, 1.82) is 0 Å². The highest BCUT2D eigenvalue weighted by Crippen LogP contribution is 2.43. The van der Waals surface area contributed by atoms with Crippen molar-refractivity contribution in [3.8, 4) is 0 Å². The zero-order chi connectivity index (χ0) is 40.7. The third kappa shape index (κ3) is 42.4. The van der Waals surface area contributed by atoms with Crippen LogP contribution >= 0.6 is 7.82 Å². The number of phosphoric ester groups is 1. The summed E-state index contributed by atoms with van der Waals surface area (Å²) in [6.07, 6.45) is 38.5. The summed E-state index contributed by atoms with van der Waals surface area (Å²) in [5.74, 6) is -0.782. The fourth-order valence-electron chi connectivity index (χ4n) is 6.72. The van der Waals surface area contributed by atoms with E-state index >= 15 is 0 Å². The molecule has 0 amide bonds. The van der Waals surface area contributed by atoms with Gasteiger partial charge in [0.1, 0.15) is 19.8 Å². The third-order valence-corrected chi connectivity index (χ3v) is 11.4. The highest BCUT2D eigenvalue weighted by molar-refractivity contribution is 7.47. The van der Waals surface area contributed by atoms with E-state index in [-0.39, 0.29) is 25.6 Å². The van der Waals surface area contributed by atoms with Gasteiger partial charge in [-0.2, -0.15) is 0 Å². The van der Waals surface area contributed by atoms with Crippen LogP contribution in [0.1, 0.15) is 226 Å². The Bertz CT molecular complexity index is 912. The van der Waals surface area contributed by atoms with E-state index in [1.807, 2.05) is 21.1 Å². The Morgan fingerprint density at radius 3 is 1.16 bits per heavy atom. The Labute approximate surface area is 340 Å². The summed E-state index contributed by atoms with van der Waals surface area (Å²) in [5.41, 5.74) is 0. The maximum atomic E-state index is 12.7. The summed E-state index contributed by atoms with van der Waals surface area (Å²) in [7, 11) is 1.49. The molecule has 0 aliphatic rings. The van der Waals surface area contributed by atoms with Gasteiger partial charge in [-0.05, 0) is 12.8 Å². The number of esters is 2. The molecule has 9 nitrogen and oxygen atoms in total. The summed E-state index contributed by atoms with van der Waals surface area (Å²) in [4.78, 5) is 35.4. The van der Waals surface area contributed by atoms with Gasteiger partial charge in [0.15, 0.2) is 6.10 Å². The van der Waals surface area contributed by atoms with E-state index in [4.69, 9.17) is 18.5 Å². The summed E-state index contributed by atoms with van der Waals surface area (Å²) >= 11 is 0. The van der Waals surface area contributed by atoms with Crippen LogP contribution in [0.5, 0.6) is 0 Å². The molecule has 0 aromatic rings. The standard InChI is InChI=1S/C45H90NO8P/c1-6-8-10-12-14-16-18-20-22-23-24-26-28-30-32-34-36-38-45(48)54-43(42-53-55(49,50)52-40-39-46(3,4)5)41-51-44(47)37-35-33-31-29-27-25-21-19-17-15-13-11-9-7-2/h43H,6-42H2,1-5H3/p+1. The molecule has 0 aromatic carbocycles. The molecule has 0 heterocycles. The second-order valence-electron chi connectivity index (χ2n) is 17.2. The molecule has 328 valence electrons. The van der Waals surface area contributed by atoms with Crippen molar-refractivity contribution in [3.05, 3.63) is 0 Å². The average molecular weight is 805 g/mol. The van der Waals surface area contributed by atoms with Gasteiger partial charge in [0.05, 0.1) is 27.7 Å². The van der Waals surface area contributed by atoms with Crippen molar-refractivity contribution in [3.63, 3.8) is 0 Å². The van der Waals surface area contributed by atoms with Gasteiger partial charge in [0, 0.05) is 12.8 Å². The lowest BCUT2D eigenvalue weighted by Gasteiger charge is -2.24. The highest BCUT2D eigenvalue weighted by atomic mass is 31.2. The predicted molar refractivity (Wildman–Crippen MR) is 229 cm³/mol. The number of quaternary nitrogens is 1. The van der Waals surface area contributed by atoms with Crippen molar-refractivity contribution in [1.82, 2.24) is 0 Å². The molecule has 10 heteroatoms. The molecule has 55 heavy (non-hydrogen) atoms. The Hall–Kier alpha value is -0.990. The molecule has 0 saturated carbocycles. The van der Waals surface area contributed by atoms with E-state index in [9.17, 15) is 19.0 Å². The quantitative estimate of drug-likeness (QED) is 0.0281. The maximum Gasteiger partial charge on any atom is 0.472 e. The molecular weight excluding hydrogens is 713 g/mol. The van der Waals surface area contributed by atoms with Crippen molar-refractivity contribution in [2.45, 2.75) is 232 Å². The molecule has 0 aromatic heterocycles. The van der Waals surface area contributed by atoms with Gasteiger partial charge >= 0.3 is 19.8 Å². The number of phosphoric acid groups is 1. The molecule has 0 aliphatic carbocycles. The molecule has 2 unspecified atom stereocenters. The minimum Gasteiger partial charge on any atom is -0.462 e. The Balaban J connectivity index is 4.28. The molecule has 1 N–H and O–H groups in total. The first-order valence-corrected chi connectivity index (χ1v) is 24.8. The zero-order valence-corrected chi connectivity index (χ0v) is 37.8. The van der Waals surface area contributed by atoms with Gasteiger partial charge < -0.3 is 18.9 Å². The van der Waals surface area contributed by atoms with Crippen molar-refractivity contribution < 1.29 is 42.1 Å². The van der Waals surface area contributed by atoms with Crippen LogP contribution < -0.4 is 0 Å². The van der Waals surface area contributed by atoms with E-state index in [1.165, 1.54) is 161 Å².